The molecule has 11 heteroatoms. The fraction of sp³-hybridized carbons (Fsp3) is 0.276. The summed E-state index contributed by atoms with van der Waals surface area (Å²) in [6.45, 7) is 5.02. The first-order valence-corrected chi connectivity index (χ1v) is 12.7. The number of carbonyl (C=O) groups excluding carboxylic acids is 1. The minimum absolute atomic E-state index is 0.0630. The molecule has 1 amide bonds. The number of nitrogens with one attached hydrogen (secondary N) is 1. The van der Waals surface area contributed by atoms with E-state index in [1.54, 1.807) is 54.3 Å². The average molecular weight is 557 g/mol. The number of halogens is 3. The van der Waals surface area contributed by atoms with Crippen molar-refractivity contribution in [2.75, 3.05) is 38.2 Å². The van der Waals surface area contributed by atoms with Gasteiger partial charge in [-0.05, 0) is 43.7 Å². The Balaban J connectivity index is 0.000000307. The van der Waals surface area contributed by atoms with Gasteiger partial charge in [0.15, 0.2) is 11.1 Å². The van der Waals surface area contributed by atoms with Crippen LogP contribution >= 0.6 is 0 Å². The van der Waals surface area contributed by atoms with Gasteiger partial charge in [-0.25, -0.2) is 4.98 Å². The molecule has 40 heavy (non-hydrogen) atoms. The first-order valence-electron chi connectivity index (χ1n) is 12.7. The van der Waals surface area contributed by atoms with E-state index in [-0.39, 0.29) is 12.3 Å². The number of rotatable bonds is 4. The number of aliphatic hydroxyl groups is 1. The number of pyridine rings is 2. The zero-order valence-corrected chi connectivity index (χ0v) is 22.0. The van der Waals surface area contributed by atoms with Crippen molar-refractivity contribution in [1.82, 2.24) is 14.5 Å². The van der Waals surface area contributed by atoms with Crippen molar-refractivity contribution in [1.29, 1.82) is 0 Å². The number of hydrogen-bond donors (Lipinski definition) is 2. The van der Waals surface area contributed by atoms with Gasteiger partial charge < -0.3 is 20.1 Å². The van der Waals surface area contributed by atoms with Crippen LogP contribution < -0.4 is 10.7 Å². The number of amides is 1. The van der Waals surface area contributed by atoms with Gasteiger partial charge in [0.1, 0.15) is 5.82 Å². The Bertz CT molecular complexity index is 1410. The topological polar surface area (TPSA) is 96.7 Å². The van der Waals surface area contributed by atoms with E-state index < -0.39 is 22.6 Å². The highest BCUT2D eigenvalue weighted by atomic mass is 19.4. The van der Waals surface area contributed by atoms with Crippen LogP contribution in [0.25, 0.3) is 16.7 Å². The standard InChI is InChI=1S/C21H14F3N3O.C6H11NO2.C2H6O/c22-21(23,24)16-11-12-25-20-19(16)17(28)13-18(26-14-7-3-1-4-8-14)27(20)15-9-5-2-6-10-15;8-6-7-2-1-4-9-5-3-7;1-2-3/h1-13,26H;6H,1-5H2;3H,2H2,1H3. The summed E-state index contributed by atoms with van der Waals surface area (Å²) in [5.74, 6) is 0.321. The van der Waals surface area contributed by atoms with Gasteiger partial charge in [0.2, 0.25) is 6.41 Å². The number of nitrogens with zero attached hydrogens (tertiary/aromatic N) is 3. The summed E-state index contributed by atoms with van der Waals surface area (Å²) in [4.78, 5) is 28.7. The Labute approximate surface area is 229 Å². The zero-order valence-electron chi connectivity index (χ0n) is 22.0. The third kappa shape index (κ3) is 8.14. The van der Waals surface area contributed by atoms with Crippen LogP contribution in [0.3, 0.4) is 0 Å². The van der Waals surface area contributed by atoms with Gasteiger partial charge in [-0.3, -0.25) is 14.2 Å². The largest absolute Gasteiger partial charge is 0.417 e. The Morgan fingerprint density at radius 3 is 2.30 bits per heavy atom. The maximum Gasteiger partial charge on any atom is 0.417 e. The first-order chi connectivity index (χ1) is 19.3. The maximum atomic E-state index is 13.5. The summed E-state index contributed by atoms with van der Waals surface area (Å²) in [7, 11) is 0. The number of fused-ring (bicyclic) bond motifs is 1. The second kappa shape index (κ2) is 14.8. The normalized spacial score (nSPS) is 13.3. The van der Waals surface area contributed by atoms with E-state index in [0.29, 0.717) is 23.8 Å². The predicted octanol–water partition coefficient (Wildman–Crippen LogP) is 5.01. The van der Waals surface area contributed by atoms with Crippen LogP contribution in [0.5, 0.6) is 0 Å². The molecule has 3 heterocycles. The Morgan fingerprint density at radius 1 is 1.02 bits per heavy atom. The predicted molar refractivity (Wildman–Crippen MR) is 148 cm³/mol. The summed E-state index contributed by atoms with van der Waals surface area (Å²) in [6.07, 6.45) is -1.74. The smallest absolute Gasteiger partial charge is 0.397 e. The van der Waals surface area contributed by atoms with Gasteiger partial charge in [-0.15, -0.1) is 0 Å². The summed E-state index contributed by atoms with van der Waals surface area (Å²) in [6, 6.07) is 19.8. The molecular formula is C29H31F3N4O4. The highest BCUT2D eigenvalue weighted by Crippen LogP contribution is 2.34. The van der Waals surface area contributed by atoms with Crippen molar-refractivity contribution in [2.24, 2.45) is 0 Å². The van der Waals surface area contributed by atoms with Gasteiger partial charge in [-0.2, -0.15) is 13.2 Å². The second-order valence-corrected chi connectivity index (χ2v) is 8.53. The number of benzene rings is 2. The van der Waals surface area contributed by atoms with Crippen molar-refractivity contribution < 1.29 is 27.8 Å². The number of alkyl halides is 3. The summed E-state index contributed by atoms with van der Waals surface area (Å²) in [5.41, 5.74) is -0.540. The molecule has 1 saturated heterocycles. The van der Waals surface area contributed by atoms with Crippen LogP contribution in [0, 0.1) is 0 Å². The SMILES string of the molecule is CCO.O=CN1CCCOCC1.O=c1cc(Nc2ccccc2)n(-c2ccccc2)c2nccc(C(F)(F)F)c12. The molecule has 0 atom stereocenters. The number of hydrogen-bond acceptors (Lipinski definition) is 6. The van der Waals surface area contributed by atoms with Crippen molar-refractivity contribution in [3.8, 4) is 5.69 Å². The fourth-order valence-electron chi connectivity index (χ4n) is 3.94. The quantitative estimate of drug-likeness (QED) is 0.343. The van der Waals surface area contributed by atoms with Gasteiger partial charge >= 0.3 is 6.18 Å². The summed E-state index contributed by atoms with van der Waals surface area (Å²) >= 11 is 0. The van der Waals surface area contributed by atoms with Crippen LogP contribution in [-0.4, -0.2) is 58.9 Å². The lowest BCUT2D eigenvalue weighted by Crippen LogP contribution is -2.24. The molecule has 0 aliphatic carbocycles. The molecule has 0 radical (unpaired) electrons. The Morgan fingerprint density at radius 2 is 1.68 bits per heavy atom. The summed E-state index contributed by atoms with van der Waals surface area (Å²) in [5, 5.41) is 10.2. The fourth-order valence-corrected chi connectivity index (χ4v) is 3.94. The first kappa shape index (κ1) is 30.3. The molecular weight excluding hydrogens is 525 g/mol. The number of para-hydroxylation sites is 2. The number of aromatic nitrogens is 2. The van der Waals surface area contributed by atoms with Crippen molar-refractivity contribution in [3.05, 3.63) is 94.8 Å². The van der Waals surface area contributed by atoms with Crippen molar-refractivity contribution in [2.45, 2.75) is 19.5 Å². The minimum atomic E-state index is -4.66. The molecule has 5 rings (SSSR count). The molecule has 8 nitrogen and oxygen atoms in total. The second-order valence-electron chi connectivity index (χ2n) is 8.53. The van der Waals surface area contributed by atoms with E-state index in [0.717, 1.165) is 44.8 Å². The van der Waals surface area contributed by atoms with E-state index in [1.807, 2.05) is 18.2 Å². The third-order valence-electron chi connectivity index (χ3n) is 5.67. The van der Waals surface area contributed by atoms with Crippen LogP contribution in [0.2, 0.25) is 0 Å². The monoisotopic (exact) mass is 556 g/mol. The Kier molecular flexibility index (Phi) is 11.2. The molecule has 1 fully saturated rings. The minimum Gasteiger partial charge on any atom is -0.397 e. The van der Waals surface area contributed by atoms with Gasteiger partial charge in [0, 0.05) is 49.9 Å². The van der Waals surface area contributed by atoms with Crippen LogP contribution in [0.15, 0.2) is 83.8 Å². The maximum absolute atomic E-state index is 13.5. The highest BCUT2D eigenvalue weighted by molar-refractivity contribution is 5.84. The van der Waals surface area contributed by atoms with Crippen LogP contribution in [-0.2, 0) is 15.7 Å². The van der Waals surface area contributed by atoms with Gasteiger partial charge in [-0.1, -0.05) is 36.4 Å². The molecule has 2 aromatic heterocycles. The number of anilines is 2. The van der Waals surface area contributed by atoms with E-state index in [2.05, 4.69) is 10.3 Å². The summed E-state index contributed by atoms with van der Waals surface area (Å²) < 4.78 is 47.1. The van der Waals surface area contributed by atoms with E-state index in [9.17, 15) is 22.8 Å². The molecule has 0 spiro atoms. The van der Waals surface area contributed by atoms with E-state index in [1.165, 1.54) is 10.6 Å². The van der Waals surface area contributed by atoms with Gasteiger partial charge in [0.25, 0.3) is 0 Å². The molecule has 0 bridgehead atoms. The lowest BCUT2D eigenvalue weighted by molar-refractivity contribution is -0.136. The van der Waals surface area contributed by atoms with Crippen LogP contribution in [0.1, 0.15) is 18.9 Å². The molecule has 1 aliphatic heterocycles. The molecule has 2 N–H and O–H groups in total. The molecule has 0 saturated carbocycles. The molecule has 212 valence electrons. The van der Waals surface area contributed by atoms with E-state index >= 15 is 0 Å². The Hall–Kier alpha value is -4.22. The number of aliphatic hydroxyl groups excluding tert-OH is 1. The van der Waals surface area contributed by atoms with Crippen molar-refractivity contribution >= 4 is 28.9 Å². The van der Waals surface area contributed by atoms with E-state index in [4.69, 9.17) is 9.84 Å². The molecule has 2 aromatic carbocycles. The molecule has 0 unspecified atom stereocenters. The molecule has 4 aromatic rings. The zero-order chi connectivity index (χ0) is 29.0. The van der Waals surface area contributed by atoms with Gasteiger partial charge in [0.05, 0.1) is 17.6 Å². The average Bonchev–Trinajstić information content (AvgIpc) is 3.23. The van der Waals surface area contributed by atoms with Crippen molar-refractivity contribution in [3.63, 3.8) is 0 Å². The van der Waals surface area contributed by atoms with Crippen LogP contribution in [0.4, 0.5) is 24.7 Å². The third-order valence-corrected chi connectivity index (χ3v) is 5.67. The molecule has 1 aliphatic rings. The number of carbonyl (C=O) groups is 1. The lowest BCUT2D eigenvalue weighted by Gasteiger charge is -2.19. The lowest BCUT2D eigenvalue weighted by atomic mass is 10.1. The highest BCUT2D eigenvalue weighted by Gasteiger charge is 2.34. The number of ether oxygens (including phenoxy) is 1.